The molecule has 1 aliphatic rings. The van der Waals surface area contributed by atoms with Crippen LogP contribution < -0.4 is 4.74 Å². The lowest BCUT2D eigenvalue weighted by atomic mass is 9.98. The molecule has 5 heteroatoms. The molecule has 0 saturated carbocycles. The predicted molar refractivity (Wildman–Crippen MR) is 117 cm³/mol. The maximum Gasteiger partial charge on any atom is 0.119 e. The first-order valence-corrected chi connectivity index (χ1v) is 11.3. The van der Waals surface area contributed by atoms with E-state index in [4.69, 9.17) is 16.3 Å². The van der Waals surface area contributed by atoms with Crippen molar-refractivity contribution in [2.24, 2.45) is 5.92 Å². The van der Waals surface area contributed by atoms with Gasteiger partial charge in [-0.25, -0.2) is 0 Å². The van der Waals surface area contributed by atoms with Gasteiger partial charge >= 0.3 is 0 Å². The van der Waals surface area contributed by atoms with Crippen molar-refractivity contribution in [2.45, 2.75) is 37.1 Å². The van der Waals surface area contributed by atoms with Gasteiger partial charge in [-0.05, 0) is 73.5 Å². The maximum atomic E-state index is 9.18. The van der Waals surface area contributed by atoms with Crippen LogP contribution >= 0.6 is 23.4 Å². The minimum absolute atomic E-state index is 0.326. The molecule has 2 aromatic rings. The Morgan fingerprint density at radius 2 is 2.04 bits per heavy atom. The molecule has 0 aromatic heterocycles. The van der Waals surface area contributed by atoms with Crippen molar-refractivity contribution in [3.63, 3.8) is 0 Å². The van der Waals surface area contributed by atoms with E-state index < -0.39 is 0 Å². The topological polar surface area (TPSA) is 36.3 Å². The lowest BCUT2D eigenvalue weighted by molar-refractivity contribution is 0.227. The Balaban J connectivity index is 1.54. The van der Waals surface area contributed by atoms with Crippen molar-refractivity contribution in [1.82, 2.24) is 4.90 Å². The number of halogens is 1. The van der Waals surface area contributed by atoms with Crippen molar-refractivity contribution < 1.29 is 4.74 Å². The van der Waals surface area contributed by atoms with E-state index in [1.54, 1.807) is 17.8 Å². The summed E-state index contributed by atoms with van der Waals surface area (Å²) in [5.74, 6) is 1.81. The fourth-order valence-corrected chi connectivity index (χ4v) is 4.55. The molecular weight excluding hydrogens is 388 g/mol. The molecule has 0 N–H and O–H groups in total. The van der Waals surface area contributed by atoms with Gasteiger partial charge in [0.1, 0.15) is 5.75 Å². The van der Waals surface area contributed by atoms with Crippen LogP contribution in [0, 0.1) is 17.2 Å². The number of thioether (sulfide) groups is 1. The van der Waals surface area contributed by atoms with Crippen LogP contribution in [0.1, 0.15) is 37.3 Å². The Morgan fingerprint density at radius 1 is 1.29 bits per heavy atom. The number of hydrogen-bond donors (Lipinski definition) is 0. The Hall–Kier alpha value is -1.67. The average molecular weight is 415 g/mol. The van der Waals surface area contributed by atoms with Gasteiger partial charge < -0.3 is 4.74 Å². The van der Waals surface area contributed by atoms with Crippen molar-refractivity contribution in [2.75, 3.05) is 26.0 Å². The summed E-state index contributed by atoms with van der Waals surface area (Å²) in [6.45, 7) is 7.25. The third kappa shape index (κ3) is 5.44. The normalized spacial score (nSPS) is 20.7. The Morgan fingerprint density at radius 3 is 2.71 bits per heavy atom. The molecular formula is C23H27ClN2OS. The van der Waals surface area contributed by atoms with E-state index in [1.807, 2.05) is 12.1 Å². The molecule has 148 valence electrons. The third-order valence-corrected chi connectivity index (χ3v) is 6.42. The molecule has 0 radical (unpaired) electrons. The Labute approximate surface area is 177 Å². The molecule has 0 bridgehead atoms. The fraction of sp³-hybridized carbons (Fsp3) is 0.435. The summed E-state index contributed by atoms with van der Waals surface area (Å²) < 4.78 is 6.03. The summed E-state index contributed by atoms with van der Waals surface area (Å²) in [5.41, 5.74) is 1.76. The zero-order valence-corrected chi connectivity index (χ0v) is 18.3. The van der Waals surface area contributed by atoms with Crippen LogP contribution in [-0.2, 0) is 0 Å². The first kappa shape index (κ1) is 21.0. The maximum absolute atomic E-state index is 9.18. The van der Waals surface area contributed by atoms with Gasteiger partial charge in [0.05, 0.1) is 18.2 Å². The second-order valence-electron chi connectivity index (χ2n) is 7.68. The molecule has 2 aromatic carbocycles. The molecule has 3 nitrogen and oxygen atoms in total. The summed E-state index contributed by atoms with van der Waals surface area (Å²) in [7, 11) is 0. The smallest absolute Gasteiger partial charge is 0.119 e. The van der Waals surface area contributed by atoms with Crippen LogP contribution in [0.15, 0.2) is 47.4 Å². The molecule has 0 amide bonds. The quantitative estimate of drug-likeness (QED) is 0.534. The van der Waals surface area contributed by atoms with Gasteiger partial charge in [-0.15, -0.1) is 11.8 Å². The predicted octanol–water partition coefficient (Wildman–Crippen LogP) is 5.83. The summed E-state index contributed by atoms with van der Waals surface area (Å²) in [4.78, 5) is 3.78. The number of ether oxygens (including phenoxy) is 1. The van der Waals surface area contributed by atoms with Crippen LogP contribution in [0.4, 0.5) is 0 Å². The minimum atomic E-state index is 0.326. The summed E-state index contributed by atoms with van der Waals surface area (Å²) in [6, 6.07) is 16.7. The van der Waals surface area contributed by atoms with Crippen LogP contribution in [0.2, 0.25) is 5.02 Å². The van der Waals surface area contributed by atoms with Crippen LogP contribution in [0.3, 0.4) is 0 Å². The highest BCUT2D eigenvalue weighted by Gasteiger charge is 2.30. The average Bonchev–Trinajstić information content (AvgIpc) is 3.05. The van der Waals surface area contributed by atoms with Crippen LogP contribution in [-0.4, -0.2) is 36.9 Å². The molecule has 1 heterocycles. The number of likely N-dealkylation sites (tertiary alicyclic amines) is 1. The van der Waals surface area contributed by atoms with Crippen molar-refractivity contribution >= 4 is 23.4 Å². The lowest BCUT2D eigenvalue weighted by Gasteiger charge is -2.25. The SMILES string of the molecule is CSc1ccc(OCC2CC(C)N(CC(C)c3cc(Cl)cc(C#N)c3)C2)cc1. The third-order valence-electron chi connectivity index (χ3n) is 5.46. The molecule has 3 atom stereocenters. The van der Waals surface area contributed by atoms with E-state index in [0.29, 0.717) is 28.5 Å². The zero-order chi connectivity index (χ0) is 20.1. The number of rotatable bonds is 7. The minimum Gasteiger partial charge on any atom is -0.493 e. The number of nitriles is 1. The number of nitrogens with zero attached hydrogens (tertiary/aromatic N) is 2. The van der Waals surface area contributed by atoms with Gasteiger partial charge in [0.25, 0.3) is 0 Å². The van der Waals surface area contributed by atoms with E-state index in [2.05, 4.69) is 55.3 Å². The van der Waals surface area contributed by atoms with E-state index in [1.165, 1.54) is 4.90 Å². The van der Waals surface area contributed by atoms with E-state index >= 15 is 0 Å². The van der Waals surface area contributed by atoms with E-state index in [9.17, 15) is 5.26 Å². The largest absolute Gasteiger partial charge is 0.493 e. The molecule has 28 heavy (non-hydrogen) atoms. The second-order valence-corrected chi connectivity index (χ2v) is 8.99. The Kier molecular flexibility index (Phi) is 7.29. The van der Waals surface area contributed by atoms with E-state index in [0.717, 1.165) is 37.4 Å². The van der Waals surface area contributed by atoms with Crippen molar-refractivity contribution in [3.8, 4) is 11.8 Å². The van der Waals surface area contributed by atoms with Gasteiger partial charge in [-0.1, -0.05) is 18.5 Å². The van der Waals surface area contributed by atoms with Gasteiger partial charge in [0.15, 0.2) is 0 Å². The number of hydrogen-bond acceptors (Lipinski definition) is 4. The monoisotopic (exact) mass is 414 g/mol. The van der Waals surface area contributed by atoms with Gasteiger partial charge in [0, 0.05) is 35.0 Å². The van der Waals surface area contributed by atoms with Crippen LogP contribution in [0.25, 0.3) is 0 Å². The van der Waals surface area contributed by atoms with Crippen molar-refractivity contribution in [3.05, 3.63) is 58.6 Å². The van der Waals surface area contributed by atoms with Gasteiger partial charge in [-0.2, -0.15) is 5.26 Å². The highest BCUT2D eigenvalue weighted by atomic mass is 35.5. The zero-order valence-electron chi connectivity index (χ0n) is 16.7. The molecule has 1 fully saturated rings. The molecule has 1 saturated heterocycles. The molecule has 1 aliphatic heterocycles. The van der Waals surface area contributed by atoms with Crippen LogP contribution in [0.5, 0.6) is 5.75 Å². The van der Waals surface area contributed by atoms with Gasteiger partial charge in [-0.3, -0.25) is 4.90 Å². The first-order valence-electron chi connectivity index (χ1n) is 9.70. The van der Waals surface area contributed by atoms with Gasteiger partial charge in [0.2, 0.25) is 0 Å². The highest BCUT2D eigenvalue weighted by molar-refractivity contribution is 7.98. The molecule has 0 spiro atoms. The molecule has 3 rings (SSSR count). The molecule has 0 aliphatic carbocycles. The fourth-order valence-electron chi connectivity index (χ4n) is 3.90. The standard InChI is InChI=1S/C23H27ClN2OS/c1-16(20-9-18(12-25)10-21(24)11-20)13-26-14-19(8-17(26)2)15-27-22-4-6-23(28-3)7-5-22/h4-7,9-11,16-17,19H,8,13-15H2,1-3H3. The first-order chi connectivity index (χ1) is 13.5. The summed E-state index contributed by atoms with van der Waals surface area (Å²) in [6.07, 6.45) is 3.23. The Bertz CT molecular complexity index is 833. The van der Waals surface area contributed by atoms with Crippen molar-refractivity contribution in [1.29, 1.82) is 5.26 Å². The summed E-state index contributed by atoms with van der Waals surface area (Å²) in [5, 5.41) is 9.81. The van der Waals surface area contributed by atoms with E-state index in [-0.39, 0.29) is 0 Å². The molecule has 3 unspecified atom stereocenters. The lowest BCUT2D eigenvalue weighted by Crippen LogP contribution is -2.31. The number of benzene rings is 2. The second kappa shape index (κ2) is 9.69. The summed E-state index contributed by atoms with van der Waals surface area (Å²) >= 11 is 7.92. The highest BCUT2D eigenvalue weighted by Crippen LogP contribution is 2.29.